The quantitative estimate of drug-likeness (QED) is 0.722. The van der Waals surface area contributed by atoms with Gasteiger partial charge in [0.25, 0.3) is 0 Å². The maximum Gasteiger partial charge on any atom is 0.230 e. The third-order valence-electron chi connectivity index (χ3n) is 4.12. The number of allylic oxidation sites excluding steroid dienone is 1. The fourth-order valence-corrected chi connectivity index (χ4v) is 3.80. The van der Waals surface area contributed by atoms with Gasteiger partial charge in [-0.05, 0) is 30.2 Å². The molecule has 0 spiro atoms. The molecule has 4 rings (SSSR count). The van der Waals surface area contributed by atoms with E-state index in [1.165, 1.54) is 0 Å². The van der Waals surface area contributed by atoms with Crippen molar-refractivity contribution in [3.8, 4) is 11.3 Å². The van der Waals surface area contributed by atoms with E-state index in [2.05, 4.69) is 28.5 Å². The van der Waals surface area contributed by atoms with Crippen molar-refractivity contribution in [3.63, 3.8) is 0 Å². The van der Waals surface area contributed by atoms with Crippen LogP contribution in [0, 0.1) is 12.1 Å². The van der Waals surface area contributed by atoms with Crippen LogP contribution in [-0.2, 0) is 11.2 Å². The maximum atomic E-state index is 12.5. The van der Waals surface area contributed by atoms with E-state index in [1.807, 2.05) is 36.4 Å². The molecule has 1 aliphatic heterocycles. The van der Waals surface area contributed by atoms with E-state index in [1.54, 1.807) is 30.1 Å². The van der Waals surface area contributed by atoms with Crippen LogP contribution in [0.3, 0.4) is 0 Å². The van der Waals surface area contributed by atoms with Gasteiger partial charge in [-0.25, -0.2) is 9.97 Å². The maximum absolute atomic E-state index is 12.5. The van der Waals surface area contributed by atoms with Crippen LogP contribution in [0.1, 0.15) is 17.7 Å². The van der Waals surface area contributed by atoms with E-state index >= 15 is 0 Å². The first-order valence-electron chi connectivity index (χ1n) is 8.72. The minimum Gasteiger partial charge on any atom is -0.309 e. The highest BCUT2D eigenvalue weighted by Crippen LogP contribution is 2.36. The van der Waals surface area contributed by atoms with Gasteiger partial charge in [0.2, 0.25) is 5.91 Å². The minimum atomic E-state index is -0.124. The molecule has 4 nitrogen and oxygen atoms in total. The van der Waals surface area contributed by atoms with Crippen LogP contribution in [0.4, 0.5) is 5.82 Å². The van der Waals surface area contributed by atoms with Gasteiger partial charge in [0.1, 0.15) is 5.69 Å². The molecule has 1 N–H and O–H groups in total. The molecule has 27 heavy (non-hydrogen) atoms. The number of nitrogens with one attached hydrogen (secondary N) is 1. The largest absolute Gasteiger partial charge is 0.309 e. The average molecular weight is 371 g/mol. The fraction of sp³-hybridized carbons (Fsp3) is 0.136. The lowest BCUT2D eigenvalue weighted by molar-refractivity contribution is -0.115. The zero-order valence-corrected chi connectivity index (χ0v) is 15.4. The zero-order valence-electron chi connectivity index (χ0n) is 14.6. The van der Waals surface area contributed by atoms with E-state index in [0.29, 0.717) is 5.82 Å². The van der Waals surface area contributed by atoms with Crippen molar-refractivity contribution >= 4 is 28.4 Å². The molecule has 5 heteroatoms. The zero-order chi connectivity index (χ0) is 18.5. The summed E-state index contributed by atoms with van der Waals surface area (Å²) in [7, 11) is 0. The fourth-order valence-electron chi connectivity index (χ4n) is 2.83. The number of benzene rings is 1. The minimum absolute atomic E-state index is 0.124. The lowest BCUT2D eigenvalue weighted by atomic mass is 10.1. The van der Waals surface area contributed by atoms with Gasteiger partial charge >= 0.3 is 0 Å². The van der Waals surface area contributed by atoms with Crippen molar-refractivity contribution in [1.29, 1.82) is 0 Å². The first kappa shape index (κ1) is 17.3. The summed E-state index contributed by atoms with van der Waals surface area (Å²) >= 11 is 1.74. The van der Waals surface area contributed by atoms with Crippen LogP contribution in [-0.4, -0.2) is 21.6 Å². The van der Waals surface area contributed by atoms with Gasteiger partial charge in [-0.15, -0.1) is 11.8 Å². The van der Waals surface area contributed by atoms with Gasteiger partial charge in [-0.2, -0.15) is 0 Å². The molecule has 0 unspecified atom stereocenters. The van der Waals surface area contributed by atoms with Crippen molar-refractivity contribution in [1.82, 2.24) is 9.97 Å². The Morgan fingerprint density at radius 3 is 2.81 bits per heavy atom. The first-order chi connectivity index (χ1) is 13.3. The first-order valence-corrected chi connectivity index (χ1v) is 9.70. The Balaban J connectivity index is 1.62. The Kier molecular flexibility index (Phi) is 5.17. The highest BCUT2D eigenvalue weighted by atomic mass is 32.2. The molecule has 2 heterocycles. The number of carbonyl (C=O) groups is 1. The summed E-state index contributed by atoms with van der Waals surface area (Å²) in [5.41, 5.74) is 3.42. The summed E-state index contributed by atoms with van der Waals surface area (Å²) < 4.78 is 0. The highest BCUT2D eigenvalue weighted by Gasteiger charge is 2.18. The summed E-state index contributed by atoms with van der Waals surface area (Å²) in [6, 6.07) is 21.0. The second-order valence-corrected chi connectivity index (χ2v) is 7.23. The normalized spacial score (nSPS) is 13.0. The van der Waals surface area contributed by atoms with Crippen molar-refractivity contribution in [2.75, 3.05) is 11.1 Å². The number of anilines is 1. The lowest BCUT2D eigenvalue weighted by Gasteiger charge is -2.12. The van der Waals surface area contributed by atoms with Crippen LogP contribution in [0.5, 0.6) is 0 Å². The van der Waals surface area contributed by atoms with E-state index in [0.717, 1.165) is 39.6 Å². The molecule has 1 aliphatic rings. The van der Waals surface area contributed by atoms with Crippen LogP contribution in [0.15, 0.2) is 60.8 Å². The Morgan fingerprint density at radius 1 is 1.19 bits per heavy atom. The second kappa shape index (κ2) is 8.07. The third-order valence-corrected chi connectivity index (χ3v) is 5.24. The molecule has 0 bridgehead atoms. The van der Waals surface area contributed by atoms with Crippen molar-refractivity contribution in [3.05, 3.63) is 84.2 Å². The van der Waals surface area contributed by atoms with Crippen LogP contribution >= 0.6 is 11.8 Å². The molecule has 1 aromatic heterocycles. The monoisotopic (exact) mass is 371 g/mol. The van der Waals surface area contributed by atoms with E-state index in [9.17, 15) is 4.79 Å². The lowest BCUT2D eigenvalue weighted by Crippen LogP contribution is -2.17. The summed E-state index contributed by atoms with van der Waals surface area (Å²) in [5.74, 6) is 1.41. The number of hydrogen-bond donors (Lipinski definition) is 1. The standard InChI is InChI=1S/C22H17N3OS/c26-20(14-16-8-3-1-4-9-16)25-22-21(19-12-7-13-27-19)24-18(15-23-22)17-10-5-2-6-11-17/h2-3,5-6,8-12,15H,7,13-14H2,(H,23,25,26). The molecule has 2 aromatic carbocycles. The molecular formula is C22H17N3OS. The van der Waals surface area contributed by atoms with E-state index in [-0.39, 0.29) is 12.3 Å². The summed E-state index contributed by atoms with van der Waals surface area (Å²) in [6.07, 6.45) is 5.13. The summed E-state index contributed by atoms with van der Waals surface area (Å²) in [4.78, 5) is 22.9. The van der Waals surface area contributed by atoms with Crippen molar-refractivity contribution < 1.29 is 4.79 Å². The molecule has 3 aromatic rings. The molecular weight excluding hydrogens is 354 g/mol. The van der Waals surface area contributed by atoms with Gasteiger partial charge < -0.3 is 5.32 Å². The Bertz CT molecular complexity index is 971. The molecule has 132 valence electrons. The molecule has 0 radical (unpaired) electrons. The number of carbonyl (C=O) groups excluding carboxylic acids is 1. The SMILES string of the molecule is O=C(Cc1cc#ccc1)Nc1ncc(-c2ccccc2)nc1C1=CCCS1. The number of hydrogen-bond acceptors (Lipinski definition) is 4. The summed E-state index contributed by atoms with van der Waals surface area (Å²) in [6.45, 7) is 0. The highest BCUT2D eigenvalue weighted by molar-refractivity contribution is 8.08. The number of amides is 1. The molecule has 0 fully saturated rings. The summed E-state index contributed by atoms with van der Waals surface area (Å²) in [5, 5.41) is 2.92. The van der Waals surface area contributed by atoms with Gasteiger partial charge in [-0.3, -0.25) is 4.79 Å². The second-order valence-electron chi connectivity index (χ2n) is 6.09. The molecule has 1 amide bonds. The van der Waals surface area contributed by atoms with Crippen molar-refractivity contribution in [2.45, 2.75) is 12.8 Å². The number of aromatic nitrogens is 2. The average Bonchev–Trinajstić information content (AvgIpc) is 3.24. The topological polar surface area (TPSA) is 54.9 Å². The van der Waals surface area contributed by atoms with Gasteiger partial charge in [-0.1, -0.05) is 48.5 Å². The molecule has 0 saturated carbocycles. The predicted molar refractivity (Wildman–Crippen MR) is 109 cm³/mol. The number of nitrogens with zero attached hydrogens (tertiary/aromatic N) is 2. The molecule has 0 aliphatic carbocycles. The van der Waals surface area contributed by atoms with Gasteiger partial charge in [0, 0.05) is 16.2 Å². The Morgan fingerprint density at radius 2 is 2.07 bits per heavy atom. The van der Waals surface area contributed by atoms with Crippen LogP contribution in [0.25, 0.3) is 16.2 Å². The smallest absolute Gasteiger partial charge is 0.230 e. The molecule has 0 saturated heterocycles. The van der Waals surface area contributed by atoms with Gasteiger partial charge in [0.05, 0.1) is 18.3 Å². The molecule has 0 atom stereocenters. The third kappa shape index (κ3) is 4.18. The Hall–Kier alpha value is -3.10. The van der Waals surface area contributed by atoms with E-state index < -0.39 is 0 Å². The number of thioether (sulfide) groups is 1. The van der Waals surface area contributed by atoms with Crippen LogP contribution in [0.2, 0.25) is 0 Å². The van der Waals surface area contributed by atoms with Crippen molar-refractivity contribution in [2.24, 2.45) is 0 Å². The number of rotatable bonds is 5. The van der Waals surface area contributed by atoms with Crippen LogP contribution < -0.4 is 5.32 Å². The Labute approximate surface area is 162 Å². The predicted octanol–water partition coefficient (Wildman–Crippen LogP) is 4.40. The van der Waals surface area contributed by atoms with E-state index in [4.69, 9.17) is 4.98 Å². The van der Waals surface area contributed by atoms with Gasteiger partial charge in [0.15, 0.2) is 5.82 Å².